The minimum Gasteiger partial charge on any atom is -0.482 e. The summed E-state index contributed by atoms with van der Waals surface area (Å²) < 4.78 is 9.99. The summed E-state index contributed by atoms with van der Waals surface area (Å²) in [6.07, 6.45) is 0. The van der Waals surface area contributed by atoms with Gasteiger partial charge in [-0.2, -0.15) is 0 Å². The first-order valence-electron chi connectivity index (χ1n) is 8.14. The topological polar surface area (TPSA) is 84.9 Å². The molecule has 8 heteroatoms. The maximum atomic E-state index is 12.3. The van der Waals surface area contributed by atoms with Crippen LogP contribution in [0, 0.1) is 0 Å². The van der Waals surface area contributed by atoms with Gasteiger partial charge in [-0.15, -0.1) is 0 Å². The van der Waals surface area contributed by atoms with Gasteiger partial charge in [0.15, 0.2) is 6.61 Å². The highest BCUT2D eigenvalue weighted by Crippen LogP contribution is 2.34. The number of methoxy groups -OCH3 is 1. The van der Waals surface area contributed by atoms with Gasteiger partial charge < -0.3 is 14.8 Å². The molecule has 0 saturated carbocycles. The fourth-order valence-electron chi connectivity index (χ4n) is 2.63. The van der Waals surface area contributed by atoms with Crippen LogP contribution in [0.2, 0.25) is 5.02 Å². The molecule has 1 aliphatic heterocycles. The summed E-state index contributed by atoms with van der Waals surface area (Å²) in [6.45, 7) is -0.00605. The van der Waals surface area contributed by atoms with Crippen molar-refractivity contribution >= 4 is 35.1 Å². The molecule has 0 bridgehead atoms. The quantitative estimate of drug-likeness (QED) is 0.793. The molecule has 0 unspecified atom stereocenters. The molecular formula is C19H17ClN2O5. The molecule has 1 heterocycles. The Kier molecular flexibility index (Phi) is 5.61. The summed E-state index contributed by atoms with van der Waals surface area (Å²) in [5.74, 6) is -0.561. The Bertz CT molecular complexity index is 882. The van der Waals surface area contributed by atoms with E-state index in [4.69, 9.17) is 16.3 Å². The average molecular weight is 389 g/mol. The van der Waals surface area contributed by atoms with Crippen LogP contribution in [0.5, 0.6) is 5.75 Å². The zero-order valence-corrected chi connectivity index (χ0v) is 15.3. The normalized spacial score (nSPS) is 12.8. The van der Waals surface area contributed by atoms with E-state index in [9.17, 15) is 14.4 Å². The van der Waals surface area contributed by atoms with Crippen LogP contribution in [0.1, 0.15) is 15.9 Å². The van der Waals surface area contributed by atoms with Gasteiger partial charge in [0.2, 0.25) is 5.91 Å². The van der Waals surface area contributed by atoms with Crippen LogP contribution in [0.4, 0.5) is 5.69 Å². The number of hydrogen-bond acceptors (Lipinski definition) is 5. The maximum Gasteiger partial charge on any atom is 0.337 e. The number of ether oxygens (including phenoxy) is 2. The maximum absolute atomic E-state index is 12.3. The number of nitrogens with zero attached hydrogens (tertiary/aromatic N) is 1. The highest BCUT2D eigenvalue weighted by molar-refractivity contribution is 6.31. The third-order valence-corrected chi connectivity index (χ3v) is 4.27. The van der Waals surface area contributed by atoms with Crippen molar-refractivity contribution in [2.45, 2.75) is 6.54 Å². The molecule has 0 radical (unpaired) electrons. The van der Waals surface area contributed by atoms with E-state index in [0.29, 0.717) is 22.0 Å². The van der Waals surface area contributed by atoms with Gasteiger partial charge in [-0.3, -0.25) is 14.5 Å². The van der Waals surface area contributed by atoms with Gasteiger partial charge in [0.25, 0.3) is 5.91 Å². The van der Waals surface area contributed by atoms with Gasteiger partial charge >= 0.3 is 5.97 Å². The van der Waals surface area contributed by atoms with E-state index in [1.54, 1.807) is 42.5 Å². The molecular weight excluding hydrogens is 372 g/mol. The summed E-state index contributed by atoms with van der Waals surface area (Å²) in [5, 5.41) is 3.20. The predicted molar refractivity (Wildman–Crippen MR) is 98.9 cm³/mol. The van der Waals surface area contributed by atoms with Crippen molar-refractivity contribution in [3.63, 3.8) is 0 Å². The Labute approximate surface area is 160 Å². The molecule has 1 N–H and O–H groups in total. The van der Waals surface area contributed by atoms with E-state index in [0.717, 1.165) is 5.56 Å². The number of fused-ring (bicyclic) bond motifs is 1. The fourth-order valence-corrected chi connectivity index (χ4v) is 2.79. The highest BCUT2D eigenvalue weighted by Gasteiger charge is 2.27. The first-order chi connectivity index (χ1) is 13.0. The van der Waals surface area contributed by atoms with E-state index in [1.165, 1.54) is 12.0 Å². The summed E-state index contributed by atoms with van der Waals surface area (Å²) in [7, 11) is 1.31. The lowest BCUT2D eigenvalue weighted by Gasteiger charge is -2.29. The molecule has 2 aromatic carbocycles. The molecule has 0 atom stereocenters. The second kappa shape index (κ2) is 8.09. The zero-order valence-electron chi connectivity index (χ0n) is 14.5. The number of benzene rings is 2. The van der Waals surface area contributed by atoms with Gasteiger partial charge in [-0.1, -0.05) is 23.7 Å². The molecule has 7 nitrogen and oxygen atoms in total. The number of anilines is 1. The molecule has 0 aliphatic carbocycles. The predicted octanol–water partition coefficient (Wildman–Crippen LogP) is 2.17. The Morgan fingerprint density at radius 2 is 1.96 bits per heavy atom. The third kappa shape index (κ3) is 4.38. The standard InChI is InChI=1S/C19H17ClN2O5/c1-26-19(25)13-4-2-12(3-5-13)9-21-17(23)10-22-15-8-14(20)6-7-16(15)27-11-18(22)24/h2-8H,9-11H2,1H3,(H,21,23). The number of esters is 1. The lowest BCUT2D eigenvalue weighted by Crippen LogP contribution is -2.45. The van der Waals surface area contributed by atoms with E-state index >= 15 is 0 Å². The summed E-state index contributed by atoms with van der Waals surface area (Å²) in [6, 6.07) is 11.6. The van der Waals surface area contributed by atoms with E-state index in [-0.39, 0.29) is 31.5 Å². The third-order valence-electron chi connectivity index (χ3n) is 4.03. The van der Waals surface area contributed by atoms with Crippen LogP contribution >= 0.6 is 11.6 Å². The van der Waals surface area contributed by atoms with Crippen molar-refractivity contribution in [1.29, 1.82) is 0 Å². The summed E-state index contributed by atoms with van der Waals surface area (Å²) >= 11 is 5.99. The van der Waals surface area contributed by atoms with Crippen molar-refractivity contribution < 1.29 is 23.9 Å². The van der Waals surface area contributed by atoms with Crippen LogP contribution in [0.3, 0.4) is 0 Å². The number of hydrogen-bond donors (Lipinski definition) is 1. The second-order valence-corrected chi connectivity index (χ2v) is 6.28. The van der Waals surface area contributed by atoms with Crippen molar-refractivity contribution in [2.75, 3.05) is 25.2 Å². The van der Waals surface area contributed by atoms with Crippen LogP contribution < -0.4 is 15.0 Å². The molecule has 0 aromatic heterocycles. The van der Waals surface area contributed by atoms with Gasteiger partial charge in [-0.25, -0.2) is 4.79 Å². The van der Waals surface area contributed by atoms with Gasteiger partial charge in [-0.05, 0) is 35.9 Å². The smallest absolute Gasteiger partial charge is 0.337 e. The van der Waals surface area contributed by atoms with Crippen molar-refractivity contribution in [3.8, 4) is 5.75 Å². The molecule has 0 spiro atoms. The molecule has 140 valence electrons. The fraction of sp³-hybridized carbons (Fsp3) is 0.211. The molecule has 1 aliphatic rings. The van der Waals surface area contributed by atoms with E-state index in [2.05, 4.69) is 10.1 Å². The number of halogens is 1. The summed E-state index contributed by atoms with van der Waals surface area (Å²) in [5.41, 5.74) is 1.71. The largest absolute Gasteiger partial charge is 0.482 e. The lowest BCUT2D eigenvalue weighted by molar-refractivity contribution is -0.125. The van der Waals surface area contributed by atoms with Gasteiger partial charge in [0.1, 0.15) is 12.3 Å². The second-order valence-electron chi connectivity index (χ2n) is 5.85. The number of nitrogens with one attached hydrogen (secondary N) is 1. The minimum absolute atomic E-state index is 0.128. The molecule has 2 amide bonds. The molecule has 27 heavy (non-hydrogen) atoms. The van der Waals surface area contributed by atoms with Gasteiger partial charge in [0, 0.05) is 11.6 Å². The van der Waals surface area contributed by atoms with Crippen LogP contribution in [0.15, 0.2) is 42.5 Å². The number of carbonyl (C=O) groups excluding carboxylic acids is 3. The first-order valence-corrected chi connectivity index (χ1v) is 8.52. The molecule has 3 rings (SSSR count). The highest BCUT2D eigenvalue weighted by atomic mass is 35.5. The zero-order chi connectivity index (χ0) is 19.4. The van der Waals surface area contributed by atoms with Crippen molar-refractivity contribution in [2.24, 2.45) is 0 Å². The molecule has 0 saturated heterocycles. The van der Waals surface area contributed by atoms with Crippen molar-refractivity contribution in [3.05, 3.63) is 58.6 Å². The van der Waals surface area contributed by atoms with E-state index in [1.807, 2.05) is 0 Å². The van der Waals surface area contributed by atoms with Crippen LogP contribution in [0.25, 0.3) is 0 Å². The monoisotopic (exact) mass is 388 g/mol. The Morgan fingerprint density at radius 1 is 1.22 bits per heavy atom. The Morgan fingerprint density at radius 3 is 2.67 bits per heavy atom. The SMILES string of the molecule is COC(=O)c1ccc(CNC(=O)CN2C(=O)COc3ccc(Cl)cc32)cc1. The number of amides is 2. The van der Waals surface area contributed by atoms with Crippen molar-refractivity contribution in [1.82, 2.24) is 5.32 Å². The van der Waals surface area contributed by atoms with Gasteiger partial charge in [0.05, 0.1) is 18.4 Å². The summed E-state index contributed by atoms with van der Waals surface area (Å²) in [4.78, 5) is 37.2. The first kappa shape index (κ1) is 18.7. The molecule has 0 fully saturated rings. The Hall–Kier alpha value is -3.06. The molecule has 2 aromatic rings. The number of rotatable bonds is 5. The lowest BCUT2D eigenvalue weighted by atomic mass is 10.1. The van der Waals surface area contributed by atoms with Crippen LogP contribution in [-0.2, 0) is 20.9 Å². The number of carbonyl (C=O) groups is 3. The minimum atomic E-state index is -0.422. The average Bonchev–Trinajstić information content (AvgIpc) is 2.68. The Balaban J connectivity index is 1.62. The van der Waals surface area contributed by atoms with E-state index < -0.39 is 5.97 Å². The van der Waals surface area contributed by atoms with Crippen LogP contribution in [-0.4, -0.2) is 38.0 Å².